The minimum atomic E-state index is -4.70. The Labute approximate surface area is 165 Å². The number of aryl methyl sites for hydroxylation is 2. The van der Waals surface area contributed by atoms with E-state index in [4.69, 9.17) is 4.74 Å². The van der Waals surface area contributed by atoms with Crippen LogP contribution in [0.4, 0.5) is 27.6 Å². The quantitative estimate of drug-likeness (QED) is 0.529. The molecule has 0 atom stereocenters. The van der Waals surface area contributed by atoms with Crippen LogP contribution in [0, 0.1) is 6.92 Å². The van der Waals surface area contributed by atoms with Crippen LogP contribution in [0.5, 0.6) is 5.75 Å². The Morgan fingerprint density at radius 3 is 2.41 bits per heavy atom. The molecule has 0 spiro atoms. The van der Waals surface area contributed by atoms with Gasteiger partial charge in [0, 0.05) is 17.7 Å². The summed E-state index contributed by atoms with van der Waals surface area (Å²) in [4.78, 5) is 11.7. The van der Waals surface area contributed by atoms with Gasteiger partial charge in [0.2, 0.25) is 5.91 Å². The monoisotopic (exact) mass is 415 g/mol. The van der Waals surface area contributed by atoms with Crippen LogP contribution in [0.15, 0.2) is 30.3 Å². The fraction of sp³-hybridized carbons (Fsp3) is 0.381. The van der Waals surface area contributed by atoms with Crippen molar-refractivity contribution in [1.82, 2.24) is 0 Å². The van der Waals surface area contributed by atoms with Crippen molar-refractivity contribution < 1.29 is 31.5 Å². The molecule has 0 saturated carbocycles. The smallest absolute Gasteiger partial charge is 0.416 e. The van der Waals surface area contributed by atoms with E-state index in [1.54, 1.807) is 13.8 Å². The summed E-state index contributed by atoms with van der Waals surface area (Å²) in [5, 5.41) is 2.41. The maximum atomic E-state index is 13.5. The zero-order valence-electron chi connectivity index (χ0n) is 16.3. The van der Waals surface area contributed by atoms with Crippen molar-refractivity contribution >= 4 is 11.6 Å². The third-order valence-electron chi connectivity index (χ3n) is 4.53. The van der Waals surface area contributed by atoms with E-state index in [2.05, 4.69) is 5.32 Å². The van der Waals surface area contributed by atoms with E-state index in [0.717, 1.165) is 6.07 Å². The molecule has 29 heavy (non-hydrogen) atoms. The maximum Gasteiger partial charge on any atom is 0.416 e. The number of amides is 1. The molecule has 0 aliphatic heterocycles. The van der Waals surface area contributed by atoms with Gasteiger partial charge in [0.25, 0.3) is 6.43 Å². The van der Waals surface area contributed by atoms with E-state index in [9.17, 15) is 26.7 Å². The SMILES string of the molecule is CCC(=O)Nc1cccc(C(F)(F)F)c1COc1cc(C)c(CC)cc1C(F)F. The highest BCUT2D eigenvalue weighted by atomic mass is 19.4. The molecule has 8 heteroatoms. The van der Waals surface area contributed by atoms with Crippen LogP contribution in [-0.4, -0.2) is 5.91 Å². The molecule has 0 bridgehead atoms. The molecule has 0 fully saturated rings. The second-order valence-corrected chi connectivity index (χ2v) is 6.49. The van der Waals surface area contributed by atoms with Crippen LogP contribution < -0.4 is 10.1 Å². The Morgan fingerprint density at radius 2 is 1.86 bits per heavy atom. The average molecular weight is 415 g/mol. The number of carbonyl (C=O) groups excluding carboxylic acids is 1. The highest BCUT2D eigenvalue weighted by molar-refractivity contribution is 5.91. The second kappa shape index (κ2) is 9.24. The number of hydrogen-bond acceptors (Lipinski definition) is 2. The Kier molecular flexibility index (Phi) is 7.21. The van der Waals surface area contributed by atoms with Gasteiger partial charge in [-0.05, 0) is 48.7 Å². The summed E-state index contributed by atoms with van der Waals surface area (Å²) in [6.07, 6.45) is -6.92. The van der Waals surface area contributed by atoms with Gasteiger partial charge in [-0.15, -0.1) is 0 Å². The number of anilines is 1. The molecule has 0 unspecified atom stereocenters. The van der Waals surface area contributed by atoms with E-state index < -0.39 is 30.7 Å². The largest absolute Gasteiger partial charge is 0.488 e. The molecule has 2 aromatic carbocycles. The topological polar surface area (TPSA) is 38.3 Å². The summed E-state index contributed by atoms with van der Waals surface area (Å²) in [5.74, 6) is -0.651. The zero-order chi connectivity index (χ0) is 21.8. The highest BCUT2D eigenvalue weighted by Crippen LogP contribution is 2.37. The lowest BCUT2D eigenvalue weighted by atomic mass is 10.0. The van der Waals surface area contributed by atoms with Gasteiger partial charge in [0.05, 0.1) is 11.1 Å². The number of alkyl halides is 5. The van der Waals surface area contributed by atoms with Gasteiger partial charge in [0.15, 0.2) is 0 Å². The van der Waals surface area contributed by atoms with E-state index in [-0.39, 0.29) is 29.0 Å². The predicted octanol–water partition coefficient (Wildman–Crippen LogP) is 6.44. The van der Waals surface area contributed by atoms with Crippen LogP contribution in [0.1, 0.15) is 54.5 Å². The minimum absolute atomic E-state index is 0.0628. The van der Waals surface area contributed by atoms with Gasteiger partial charge in [-0.25, -0.2) is 8.78 Å². The molecule has 0 heterocycles. The predicted molar refractivity (Wildman–Crippen MR) is 100 cm³/mol. The summed E-state index contributed by atoms with van der Waals surface area (Å²) in [6, 6.07) is 6.06. The van der Waals surface area contributed by atoms with Crippen LogP contribution >= 0.6 is 0 Å². The molecule has 1 N–H and O–H groups in total. The van der Waals surface area contributed by atoms with E-state index >= 15 is 0 Å². The minimum Gasteiger partial charge on any atom is -0.488 e. The lowest BCUT2D eigenvalue weighted by molar-refractivity contribution is -0.138. The number of halogens is 5. The maximum absolute atomic E-state index is 13.5. The summed E-state index contributed by atoms with van der Waals surface area (Å²) >= 11 is 0. The molecule has 0 saturated heterocycles. The van der Waals surface area contributed by atoms with E-state index in [1.807, 2.05) is 6.92 Å². The Hall–Kier alpha value is -2.64. The molecular formula is C21H22F5NO2. The van der Waals surface area contributed by atoms with Crippen molar-refractivity contribution in [3.63, 3.8) is 0 Å². The first kappa shape index (κ1) is 22.6. The molecule has 0 aliphatic rings. The molecule has 158 valence electrons. The second-order valence-electron chi connectivity index (χ2n) is 6.49. The van der Waals surface area contributed by atoms with Gasteiger partial charge >= 0.3 is 6.18 Å². The highest BCUT2D eigenvalue weighted by Gasteiger charge is 2.34. The Balaban J connectivity index is 2.46. The van der Waals surface area contributed by atoms with Crippen LogP contribution in [0.25, 0.3) is 0 Å². The van der Waals surface area contributed by atoms with Crippen molar-refractivity contribution in [2.24, 2.45) is 0 Å². The van der Waals surface area contributed by atoms with Crippen LogP contribution in [0.2, 0.25) is 0 Å². The fourth-order valence-electron chi connectivity index (χ4n) is 2.94. The van der Waals surface area contributed by atoms with Crippen molar-refractivity contribution in [3.8, 4) is 5.75 Å². The van der Waals surface area contributed by atoms with Gasteiger partial charge < -0.3 is 10.1 Å². The Morgan fingerprint density at radius 1 is 1.17 bits per heavy atom. The van der Waals surface area contributed by atoms with Crippen LogP contribution in [0.3, 0.4) is 0 Å². The summed E-state index contributed by atoms with van der Waals surface area (Å²) in [5.41, 5.74) is -0.343. The molecule has 0 aromatic heterocycles. The standard InChI is InChI=1S/C21H22F5NO2/c1-4-13-10-14(20(22)23)18(9-12(13)3)29-11-15-16(21(24,25)26)7-6-8-17(15)27-19(28)5-2/h6-10,20H,4-5,11H2,1-3H3,(H,27,28). The van der Waals surface area contributed by atoms with Gasteiger partial charge in [-0.2, -0.15) is 13.2 Å². The molecule has 2 rings (SSSR count). The summed E-state index contributed by atoms with van der Waals surface area (Å²) in [6.45, 7) is 4.48. The fourth-order valence-corrected chi connectivity index (χ4v) is 2.94. The third kappa shape index (κ3) is 5.46. The molecule has 0 aliphatic carbocycles. The number of ether oxygens (including phenoxy) is 1. The zero-order valence-corrected chi connectivity index (χ0v) is 16.3. The van der Waals surface area contributed by atoms with Crippen molar-refractivity contribution in [2.45, 2.75) is 52.8 Å². The summed E-state index contributed by atoms with van der Waals surface area (Å²) in [7, 11) is 0. The third-order valence-corrected chi connectivity index (χ3v) is 4.53. The van der Waals surface area contributed by atoms with Gasteiger partial charge in [-0.3, -0.25) is 4.79 Å². The van der Waals surface area contributed by atoms with Gasteiger partial charge in [-0.1, -0.05) is 19.9 Å². The summed E-state index contributed by atoms with van der Waals surface area (Å²) < 4.78 is 72.7. The van der Waals surface area contributed by atoms with E-state index in [0.29, 0.717) is 17.5 Å². The molecule has 3 nitrogen and oxygen atoms in total. The first-order valence-electron chi connectivity index (χ1n) is 9.11. The van der Waals surface area contributed by atoms with E-state index in [1.165, 1.54) is 24.3 Å². The number of nitrogens with one attached hydrogen (secondary N) is 1. The lowest BCUT2D eigenvalue weighted by Crippen LogP contribution is -2.17. The molecule has 0 radical (unpaired) electrons. The lowest BCUT2D eigenvalue weighted by Gasteiger charge is -2.19. The number of rotatable bonds is 7. The van der Waals surface area contributed by atoms with Crippen molar-refractivity contribution in [2.75, 3.05) is 5.32 Å². The van der Waals surface area contributed by atoms with Gasteiger partial charge in [0.1, 0.15) is 12.4 Å². The van der Waals surface area contributed by atoms with Crippen molar-refractivity contribution in [3.05, 3.63) is 58.1 Å². The molecule has 2 aromatic rings. The normalized spacial score (nSPS) is 11.6. The molecule has 1 amide bonds. The average Bonchev–Trinajstić information content (AvgIpc) is 2.65. The number of hydrogen-bond donors (Lipinski definition) is 1. The number of carbonyl (C=O) groups is 1. The first-order chi connectivity index (χ1) is 13.6. The van der Waals surface area contributed by atoms with Crippen molar-refractivity contribution in [1.29, 1.82) is 0 Å². The first-order valence-corrected chi connectivity index (χ1v) is 9.11. The van der Waals surface area contributed by atoms with Crippen LogP contribution in [-0.2, 0) is 24.0 Å². The number of benzene rings is 2. The molecular weight excluding hydrogens is 393 g/mol. The Bertz CT molecular complexity index is 878.